The fraction of sp³-hybridized carbons (Fsp3) is 0.308. The molecule has 3 aromatic rings. The van der Waals surface area contributed by atoms with Crippen molar-refractivity contribution in [2.24, 2.45) is 11.1 Å². The number of anilines is 1. The van der Waals surface area contributed by atoms with E-state index in [1.165, 1.54) is 15.7 Å². The summed E-state index contributed by atoms with van der Waals surface area (Å²) in [7, 11) is 0. The van der Waals surface area contributed by atoms with Crippen LogP contribution in [0.15, 0.2) is 47.3 Å². The second-order valence-corrected chi connectivity index (χ2v) is 9.71. The number of terminal acetylenes is 1. The highest BCUT2D eigenvalue weighted by atomic mass is 35.5. The van der Waals surface area contributed by atoms with E-state index < -0.39 is 0 Å². The number of nitrogens with zero attached hydrogens (tertiary/aromatic N) is 3. The number of aryl methyl sites for hydroxylation is 1. The molecule has 0 radical (unpaired) electrons. The topological polar surface area (TPSA) is 64.2 Å². The lowest BCUT2D eigenvalue weighted by atomic mass is 9.73. The molecular formula is C26H24Cl2N4O. The average Bonchev–Trinajstić information content (AvgIpc) is 3.08. The van der Waals surface area contributed by atoms with Gasteiger partial charge in [-0.25, -0.2) is 4.98 Å². The maximum atomic E-state index is 13.0. The zero-order valence-electron chi connectivity index (χ0n) is 18.3. The molecule has 5 rings (SSSR count). The molecule has 1 atom stereocenters. The first-order valence-electron chi connectivity index (χ1n) is 11.0. The van der Waals surface area contributed by atoms with Gasteiger partial charge in [-0.15, -0.1) is 6.42 Å². The maximum Gasteiger partial charge on any atom is 0.260 e. The zero-order valence-corrected chi connectivity index (χ0v) is 19.8. The highest BCUT2D eigenvalue weighted by Crippen LogP contribution is 2.51. The molecule has 1 spiro atoms. The normalized spacial score (nSPS) is 18.9. The quantitative estimate of drug-likeness (QED) is 0.543. The van der Waals surface area contributed by atoms with Crippen LogP contribution >= 0.6 is 23.2 Å². The Labute approximate surface area is 203 Å². The van der Waals surface area contributed by atoms with Crippen LogP contribution in [-0.2, 0) is 6.42 Å². The Morgan fingerprint density at radius 1 is 1.18 bits per heavy atom. The van der Waals surface area contributed by atoms with Crippen molar-refractivity contribution in [3.63, 3.8) is 0 Å². The third-order valence-corrected chi connectivity index (χ3v) is 8.03. The van der Waals surface area contributed by atoms with E-state index in [0.29, 0.717) is 27.4 Å². The number of fused-ring (bicyclic) bond motifs is 1. The van der Waals surface area contributed by atoms with E-state index in [9.17, 15) is 4.79 Å². The summed E-state index contributed by atoms with van der Waals surface area (Å²) < 4.78 is 1.49. The van der Waals surface area contributed by atoms with Crippen molar-refractivity contribution in [3.05, 3.63) is 85.4 Å². The van der Waals surface area contributed by atoms with Gasteiger partial charge in [0.2, 0.25) is 0 Å². The van der Waals surface area contributed by atoms with E-state index in [1.54, 1.807) is 31.2 Å². The van der Waals surface area contributed by atoms with Crippen LogP contribution in [-0.4, -0.2) is 22.6 Å². The Morgan fingerprint density at radius 3 is 2.61 bits per heavy atom. The summed E-state index contributed by atoms with van der Waals surface area (Å²) in [4.78, 5) is 19.9. The fourth-order valence-electron chi connectivity index (χ4n) is 5.39. The van der Waals surface area contributed by atoms with Crippen molar-refractivity contribution < 1.29 is 0 Å². The van der Waals surface area contributed by atoms with Gasteiger partial charge in [-0.1, -0.05) is 47.3 Å². The number of benzene rings is 2. The second-order valence-electron chi connectivity index (χ2n) is 8.93. The molecule has 2 heterocycles. The minimum absolute atomic E-state index is 0.00979. The van der Waals surface area contributed by atoms with Crippen LogP contribution in [0, 0.1) is 24.7 Å². The first-order valence-corrected chi connectivity index (χ1v) is 11.7. The van der Waals surface area contributed by atoms with E-state index in [-0.39, 0.29) is 17.0 Å². The molecule has 0 unspecified atom stereocenters. The van der Waals surface area contributed by atoms with Gasteiger partial charge < -0.3 is 10.6 Å². The lowest BCUT2D eigenvalue weighted by Crippen LogP contribution is -2.45. The zero-order chi connectivity index (χ0) is 23.3. The molecule has 5 nitrogen and oxygen atoms in total. The number of rotatable bonds is 2. The van der Waals surface area contributed by atoms with Crippen molar-refractivity contribution >= 4 is 29.0 Å². The summed E-state index contributed by atoms with van der Waals surface area (Å²) >= 11 is 12.5. The minimum Gasteiger partial charge on any atom is -0.356 e. The lowest BCUT2D eigenvalue weighted by Gasteiger charge is -2.42. The molecule has 0 saturated carbocycles. The number of aromatic nitrogens is 2. The Kier molecular flexibility index (Phi) is 5.49. The van der Waals surface area contributed by atoms with Gasteiger partial charge in [0.1, 0.15) is 11.6 Å². The van der Waals surface area contributed by atoms with E-state index in [1.807, 2.05) is 12.1 Å². The van der Waals surface area contributed by atoms with Crippen molar-refractivity contribution in [3.8, 4) is 18.0 Å². The molecule has 33 heavy (non-hydrogen) atoms. The summed E-state index contributed by atoms with van der Waals surface area (Å²) in [5, 5.41) is 0.729. The van der Waals surface area contributed by atoms with Gasteiger partial charge >= 0.3 is 0 Å². The predicted molar refractivity (Wildman–Crippen MR) is 133 cm³/mol. The first-order chi connectivity index (χ1) is 15.8. The number of hydrogen-bond donors (Lipinski definition) is 1. The Balaban J connectivity index is 1.40. The maximum absolute atomic E-state index is 13.0. The molecule has 168 valence electrons. The van der Waals surface area contributed by atoms with Crippen LogP contribution in [0.4, 0.5) is 5.82 Å². The highest BCUT2D eigenvalue weighted by molar-refractivity contribution is 6.43. The Morgan fingerprint density at radius 2 is 1.91 bits per heavy atom. The molecule has 0 amide bonds. The Hall–Kier alpha value is -2.78. The number of piperidine rings is 1. The summed E-state index contributed by atoms with van der Waals surface area (Å²) in [5.74, 6) is 4.05. The molecule has 1 fully saturated rings. The summed E-state index contributed by atoms with van der Waals surface area (Å²) in [6.45, 7) is 3.36. The summed E-state index contributed by atoms with van der Waals surface area (Å²) in [6, 6.07) is 12.9. The van der Waals surface area contributed by atoms with E-state index in [4.69, 9.17) is 40.3 Å². The van der Waals surface area contributed by atoms with Crippen LogP contribution < -0.4 is 16.2 Å². The van der Waals surface area contributed by atoms with Gasteiger partial charge in [0.05, 0.1) is 15.7 Å². The molecule has 7 heteroatoms. The molecule has 1 aliphatic carbocycles. The minimum atomic E-state index is -0.189. The first kappa shape index (κ1) is 22.0. The third-order valence-electron chi connectivity index (χ3n) is 7.22. The average molecular weight is 479 g/mol. The van der Waals surface area contributed by atoms with Gasteiger partial charge in [-0.05, 0) is 60.9 Å². The largest absolute Gasteiger partial charge is 0.356 e. The van der Waals surface area contributed by atoms with Crippen LogP contribution in [0.25, 0.3) is 5.69 Å². The summed E-state index contributed by atoms with van der Waals surface area (Å²) in [6.07, 6.45) is 8.46. The van der Waals surface area contributed by atoms with Gasteiger partial charge in [0.25, 0.3) is 5.56 Å². The van der Waals surface area contributed by atoms with Crippen molar-refractivity contribution in [1.29, 1.82) is 0 Å². The molecule has 2 aromatic carbocycles. The highest BCUT2D eigenvalue weighted by Gasteiger charge is 2.46. The fourth-order valence-corrected chi connectivity index (χ4v) is 5.77. The summed E-state index contributed by atoms with van der Waals surface area (Å²) in [5.41, 5.74) is 10.4. The number of hydrogen-bond acceptors (Lipinski definition) is 4. The molecule has 1 aromatic heterocycles. The van der Waals surface area contributed by atoms with E-state index >= 15 is 0 Å². The third kappa shape index (κ3) is 3.54. The van der Waals surface area contributed by atoms with Crippen LogP contribution in [0.5, 0.6) is 0 Å². The van der Waals surface area contributed by atoms with Crippen LogP contribution in [0.1, 0.15) is 41.4 Å². The van der Waals surface area contributed by atoms with Crippen molar-refractivity contribution in [1.82, 2.24) is 9.55 Å². The monoisotopic (exact) mass is 478 g/mol. The van der Waals surface area contributed by atoms with E-state index in [0.717, 1.165) is 37.9 Å². The van der Waals surface area contributed by atoms with Gasteiger partial charge in [0, 0.05) is 30.8 Å². The van der Waals surface area contributed by atoms with Crippen LogP contribution in [0.3, 0.4) is 0 Å². The van der Waals surface area contributed by atoms with Gasteiger partial charge in [0.15, 0.2) is 0 Å². The standard InChI is InChI=1S/C26H24Cl2N4O/c1-3-17-6-4-7-18-19(17)15-26(25(18)29)10-12-31(13-11-26)22-14-23(33)32(16(2)30-22)21-9-5-8-20(27)24(21)28/h1,4-9,14,25H,10-13,15,29H2,2H3/t25-/m1/s1. The van der Waals surface area contributed by atoms with Gasteiger partial charge in [-0.3, -0.25) is 9.36 Å². The smallest absolute Gasteiger partial charge is 0.260 e. The molecule has 1 aliphatic heterocycles. The molecule has 1 saturated heterocycles. The van der Waals surface area contributed by atoms with Crippen molar-refractivity contribution in [2.45, 2.75) is 32.2 Å². The Bertz CT molecular complexity index is 1350. The van der Waals surface area contributed by atoms with Crippen LogP contribution in [0.2, 0.25) is 10.0 Å². The SMILES string of the molecule is C#Cc1cccc2c1CC1(CCN(c3cc(=O)n(-c4cccc(Cl)c4Cl)c(C)n3)CC1)[C@@H]2N. The molecule has 2 N–H and O–H groups in total. The van der Waals surface area contributed by atoms with Crippen molar-refractivity contribution in [2.75, 3.05) is 18.0 Å². The number of halogens is 2. The second kappa shape index (κ2) is 8.22. The lowest BCUT2D eigenvalue weighted by molar-refractivity contribution is 0.187. The molecule has 2 aliphatic rings. The molecule has 0 bridgehead atoms. The molecular weight excluding hydrogens is 455 g/mol. The van der Waals surface area contributed by atoms with Gasteiger partial charge in [-0.2, -0.15) is 0 Å². The van der Waals surface area contributed by atoms with E-state index in [2.05, 4.69) is 16.9 Å². The number of nitrogens with two attached hydrogens (primary N) is 1. The predicted octanol–water partition coefficient (Wildman–Crippen LogP) is 4.67.